The number of ether oxygens (including phenoxy) is 2. The molecule has 18 heavy (non-hydrogen) atoms. The normalized spacial score (nSPS) is 19.3. The van der Waals surface area contributed by atoms with Gasteiger partial charge in [-0.3, -0.25) is 10.1 Å². The van der Waals surface area contributed by atoms with Crippen LogP contribution in [0, 0.1) is 0 Å². The fraction of sp³-hybridized carbons (Fsp3) is 0.462. The topological polar surface area (TPSA) is 50.8 Å². The lowest BCUT2D eigenvalue weighted by Gasteiger charge is -2.24. The number of methoxy groups -OCH3 is 2. The molecule has 0 radical (unpaired) electrons. The second-order valence-electron chi connectivity index (χ2n) is 4.14. The number of carbonyl (C=O) groups is 1. The molecule has 2 rings (SSSR count). The molecular formula is C13H18N2O3. The summed E-state index contributed by atoms with van der Waals surface area (Å²) < 4.78 is 10.2. The zero-order chi connectivity index (χ0) is 13.0. The highest BCUT2D eigenvalue weighted by Gasteiger charge is 2.31. The summed E-state index contributed by atoms with van der Waals surface area (Å²) in [6.45, 7) is 1.49. The Hall–Kier alpha value is -1.59. The van der Waals surface area contributed by atoms with Crippen LogP contribution in [0.15, 0.2) is 24.3 Å². The van der Waals surface area contributed by atoms with Crippen LogP contribution >= 0.6 is 0 Å². The van der Waals surface area contributed by atoms with Crippen molar-refractivity contribution in [2.45, 2.75) is 6.17 Å². The third-order valence-corrected chi connectivity index (χ3v) is 3.02. The Balaban J connectivity index is 2.17. The second kappa shape index (κ2) is 5.84. The van der Waals surface area contributed by atoms with Crippen molar-refractivity contribution >= 4 is 5.91 Å². The highest BCUT2D eigenvalue weighted by Crippen LogP contribution is 2.25. The largest absolute Gasteiger partial charge is 0.497 e. The first-order valence-corrected chi connectivity index (χ1v) is 5.92. The number of carbonyl (C=O) groups excluding carboxylic acids is 1. The summed E-state index contributed by atoms with van der Waals surface area (Å²) in [6.07, 6.45) is -0.0947. The van der Waals surface area contributed by atoms with Crippen molar-refractivity contribution in [2.75, 3.05) is 33.9 Å². The molecule has 5 heteroatoms. The van der Waals surface area contributed by atoms with Gasteiger partial charge in [0.1, 0.15) is 11.9 Å². The van der Waals surface area contributed by atoms with E-state index in [1.54, 1.807) is 19.1 Å². The lowest BCUT2D eigenvalue weighted by molar-refractivity contribution is -0.128. The van der Waals surface area contributed by atoms with Gasteiger partial charge in [0, 0.05) is 13.7 Å². The van der Waals surface area contributed by atoms with Crippen molar-refractivity contribution in [1.29, 1.82) is 0 Å². The Morgan fingerprint density at radius 2 is 2.28 bits per heavy atom. The molecule has 0 aliphatic carbocycles. The Bertz CT molecular complexity index is 422. The highest BCUT2D eigenvalue weighted by atomic mass is 16.5. The van der Waals surface area contributed by atoms with Crippen molar-refractivity contribution in [3.63, 3.8) is 0 Å². The molecule has 1 unspecified atom stereocenters. The maximum atomic E-state index is 11.8. The summed E-state index contributed by atoms with van der Waals surface area (Å²) in [6, 6.07) is 7.74. The van der Waals surface area contributed by atoms with Gasteiger partial charge in [0.05, 0.1) is 20.3 Å². The predicted molar refractivity (Wildman–Crippen MR) is 67.3 cm³/mol. The van der Waals surface area contributed by atoms with Gasteiger partial charge in [-0.05, 0) is 17.7 Å². The van der Waals surface area contributed by atoms with Gasteiger partial charge in [-0.1, -0.05) is 12.1 Å². The highest BCUT2D eigenvalue weighted by molar-refractivity contribution is 5.81. The standard InChI is InChI=1S/C13H18N2O3/c1-17-7-6-15-12(16)9-14-13(15)10-4-3-5-11(8-10)18-2/h3-5,8,13-14H,6-7,9H2,1-2H3. The minimum Gasteiger partial charge on any atom is -0.497 e. The molecule has 5 nitrogen and oxygen atoms in total. The van der Waals surface area contributed by atoms with Gasteiger partial charge in [0.2, 0.25) is 5.91 Å². The van der Waals surface area contributed by atoms with E-state index >= 15 is 0 Å². The summed E-state index contributed by atoms with van der Waals surface area (Å²) in [7, 11) is 3.27. The van der Waals surface area contributed by atoms with Gasteiger partial charge in [0.25, 0.3) is 0 Å². The minimum absolute atomic E-state index is 0.0947. The fourth-order valence-electron chi connectivity index (χ4n) is 2.09. The Morgan fingerprint density at radius 1 is 1.44 bits per heavy atom. The third kappa shape index (κ3) is 2.63. The van der Waals surface area contributed by atoms with E-state index in [0.29, 0.717) is 19.7 Å². The number of benzene rings is 1. The molecule has 0 saturated carbocycles. The zero-order valence-electron chi connectivity index (χ0n) is 10.7. The Morgan fingerprint density at radius 3 is 3.00 bits per heavy atom. The van der Waals surface area contributed by atoms with Gasteiger partial charge in [0.15, 0.2) is 0 Å². The summed E-state index contributed by atoms with van der Waals surface area (Å²) in [5, 5.41) is 3.20. The smallest absolute Gasteiger partial charge is 0.238 e. The van der Waals surface area contributed by atoms with Gasteiger partial charge in [-0.2, -0.15) is 0 Å². The Labute approximate surface area is 107 Å². The third-order valence-electron chi connectivity index (χ3n) is 3.02. The lowest BCUT2D eigenvalue weighted by Crippen LogP contribution is -2.33. The van der Waals surface area contributed by atoms with Crippen LogP contribution in [0.5, 0.6) is 5.75 Å². The molecule has 1 heterocycles. The van der Waals surface area contributed by atoms with Gasteiger partial charge in [-0.25, -0.2) is 0 Å². The molecule has 0 bridgehead atoms. The van der Waals surface area contributed by atoms with Crippen molar-refractivity contribution < 1.29 is 14.3 Å². The van der Waals surface area contributed by atoms with Crippen molar-refractivity contribution in [3.8, 4) is 5.75 Å². The van der Waals surface area contributed by atoms with Crippen molar-refractivity contribution in [2.24, 2.45) is 0 Å². The van der Waals surface area contributed by atoms with Crippen LogP contribution in [-0.4, -0.2) is 44.7 Å². The van der Waals surface area contributed by atoms with Crippen LogP contribution in [0.3, 0.4) is 0 Å². The second-order valence-corrected chi connectivity index (χ2v) is 4.14. The molecule has 1 fully saturated rings. The van der Waals surface area contributed by atoms with Crippen LogP contribution in [-0.2, 0) is 9.53 Å². The van der Waals surface area contributed by atoms with Gasteiger partial charge < -0.3 is 14.4 Å². The van der Waals surface area contributed by atoms with Crippen LogP contribution in [0.2, 0.25) is 0 Å². The lowest BCUT2D eigenvalue weighted by atomic mass is 10.1. The number of nitrogens with one attached hydrogen (secondary N) is 1. The zero-order valence-corrected chi connectivity index (χ0v) is 10.7. The summed E-state index contributed by atoms with van der Waals surface area (Å²) in [5.74, 6) is 0.889. The maximum absolute atomic E-state index is 11.8. The average molecular weight is 250 g/mol. The van der Waals surface area contributed by atoms with E-state index in [4.69, 9.17) is 9.47 Å². The van der Waals surface area contributed by atoms with E-state index in [-0.39, 0.29) is 12.1 Å². The monoisotopic (exact) mass is 250 g/mol. The van der Waals surface area contributed by atoms with Gasteiger partial charge in [-0.15, -0.1) is 0 Å². The molecule has 1 saturated heterocycles. The molecular weight excluding hydrogens is 232 g/mol. The Kier molecular flexibility index (Phi) is 4.17. The van der Waals surface area contributed by atoms with Crippen LogP contribution < -0.4 is 10.1 Å². The van der Waals surface area contributed by atoms with Crippen LogP contribution in [0.1, 0.15) is 11.7 Å². The molecule has 98 valence electrons. The molecule has 1 aromatic carbocycles. The molecule has 1 aliphatic heterocycles. The van der Waals surface area contributed by atoms with E-state index in [1.807, 2.05) is 24.3 Å². The molecule has 0 spiro atoms. The first-order valence-electron chi connectivity index (χ1n) is 5.92. The average Bonchev–Trinajstić information content (AvgIpc) is 2.77. The molecule has 1 N–H and O–H groups in total. The molecule has 1 aromatic rings. The van der Waals surface area contributed by atoms with Crippen molar-refractivity contribution in [1.82, 2.24) is 10.2 Å². The SMILES string of the molecule is COCCN1C(=O)CNC1c1cccc(OC)c1. The molecule has 0 aromatic heterocycles. The van der Waals surface area contributed by atoms with Crippen LogP contribution in [0.4, 0.5) is 0 Å². The van der Waals surface area contributed by atoms with Gasteiger partial charge >= 0.3 is 0 Å². The summed E-state index contributed by atoms with van der Waals surface area (Å²) in [4.78, 5) is 13.6. The fourth-order valence-corrected chi connectivity index (χ4v) is 2.09. The van der Waals surface area contributed by atoms with E-state index in [2.05, 4.69) is 5.32 Å². The van der Waals surface area contributed by atoms with Crippen molar-refractivity contribution in [3.05, 3.63) is 29.8 Å². The number of hydrogen-bond donors (Lipinski definition) is 1. The predicted octanol–water partition coefficient (Wildman–Crippen LogP) is 0.772. The number of amides is 1. The maximum Gasteiger partial charge on any atom is 0.238 e. The molecule has 1 aliphatic rings. The summed E-state index contributed by atoms with van der Waals surface area (Å²) >= 11 is 0. The number of rotatable bonds is 5. The van der Waals surface area contributed by atoms with E-state index in [9.17, 15) is 4.79 Å². The molecule has 1 amide bonds. The molecule has 1 atom stereocenters. The first-order chi connectivity index (χ1) is 8.76. The van der Waals surface area contributed by atoms with E-state index in [1.165, 1.54) is 0 Å². The minimum atomic E-state index is -0.0947. The van der Waals surface area contributed by atoms with Crippen LogP contribution in [0.25, 0.3) is 0 Å². The van der Waals surface area contributed by atoms with E-state index < -0.39 is 0 Å². The number of nitrogens with zero attached hydrogens (tertiary/aromatic N) is 1. The quantitative estimate of drug-likeness (QED) is 0.838. The van der Waals surface area contributed by atoms with E-state index in [0.717, 1.165) is 11.3 Å². The summed E-state index contributed by atoms with van der Waals surface area (Å²) in [5.41, 5.74) is 1.02. The first kappa shape index (κ1) is 12.9. The number of hydrogen-bond acceptors (Lipinski definition) is 4.